The van der Waals surface area contributed by atoms with Crippen molar-refractivity contribution in [1.82, 2.24) is 4.67 Å². The molecule has 7 nitrogen and oxygen atoms in total. The van der Waals surface area contributed by atoms with Gasteiger partial charge in [0.15, 0.2) is 8.32 Å². The second-order valence-corrected chi connectivity index (χ2v) is 22.3. The maximum Gasteiger partial charge on any atom is 0.192 e. The second kappa shape index (κ2) is 18.2. The Morgan fingerprint density at radius 1 is 0.750 bits per heavy atom. The van der Waals surface area contributed by atoms with Crippen LogP contribution in [0.2, 0.25) is 18.1 Å². The van der Waals surface area contributed by atoms with E-state index >= 15 is 4.39 Å². The molecule has 0 aliphatic carbocycles. The summed E-state index contributed by atoms with van der Waals surface area (Å²) < 4.78 is 72.7. The Kier molecular flexibility index (Phi) is 14.2. The van der Waals surface area contributed by atoms with Gasteiger partial charge < -0.3 is 27.9 Å². The Morgan fingerprint density at radius 3 is 1.75 bits per heavy atom. The van der Waals surface area contributed by atoms with Crippen LogP contribution in [-0.4, -0.2) is 64.2 Å². The maximum atomic E-state index is 16.0. The van der Waals surface area contributed by atoms with E-state index in [0.29, 0.717) is 17.1 Å². The van der Waals surface area contributed by atoms with E-state index in [9.17, 15) is 4.39 Å². The van der Waals surface area contributed by atoms with Gasteiger partial charge >= 0.3 is 0 Å². The third kappa shape index (κ3) is 9.39. The van der Waals surface area contributed by atoms with E-state index in [4.69, 9.17) is 27.9 Å². The van der Waals surface area contributed by atoms with Gasteiger partial charge in [-0.3, -0.25) is 4.67 Å². The summed E-state index contributed by atoms with van der Waals surface area (Å²) in [4.78, 5) is 0. The molecule has 0 spiro atoms. The molecule has 5 atom stereocenters. The van der Waals surface area contributed by atoms with Gasteiger partial charge in [-0.25, -0.2) is 8.78 Å². The van der Waals surface area contributed by atoms with Gasteiger partial charge in [-0.15, -0.1) is 0 Å². The van der Waals surface area contributed by atoms with Crippen LogP contribution in [0.4, 0.5) is 8.78 Å². The number of halogens is 2. The molecular formula is C45H60F2NO6PSi. The fraction of sp³-hybridized carbons (Fsp3) is 0.467. The van der Waals surface area contributed by atoms with E-state index in [0.717, 1.165) is 22.8 Å². The van der Waals surface area contributed by atoms with Gasteiger partial charge in [0, 0.05) is 23.7 Å². The van der Waals surface area contributed by atoms with Crippen LogP contribution in [0, 0.1) is 18.6 Å². The summed E-state index contributed by atoms with van der Waals surface area (Å²) in [6.45, 7) is 21.1. The molecule has 1 heterocycles. The summed E-state index contributed by atoms with van der Waals surface area (Å²) in [5.41, 5.74) is 2.04. The van der Waals surface area contributed by atoms with Gasteiger partial charge in [0.2, 0.25) is 0 Å². The molecule has 1 fully saturated rings. The Labute approximate surface area is 336 Å². The minimum absolute atomic E-state index is 0.0386. The zero-order valence-electron chi connectivity index (χ0n) is 35.0. The first-order valence-corrected chi connectivity index (χ1v) is 23.2. The van der Waals surface area contributed by atoms with Crippen LogP contribution < -0.4 is 9.47 Å². The number of benzene rings is 4. The van der Waals surface area contributed by atoms with Crippen molar-refractivity contribution < 1.29 is 36.7 Å². The predicted octanol–water partition coefficient (Wildman–Crippen LogP) is 11.1. The number of hydrogen-bond donors (Lipinski definition) is 0. The van der Waals surface area contributed by atoms with Crippen molar-refractivity contribution in [2.24, 2.45) is 0 Å². The number of methoxy groups -OCH3 is 2. The summed E-state index contributed by atoms with van der Waals surface area (Å²) in [7, 11) is 0.717. The van der Waals surface area contributed by atoms with Crippen molar-refractivity contribution in [3.63, 3.8) is 0 Å². The van der Waals surface area contributed by atoms with Crippen molar-refractivity contribution in [1.29, 1.82) is 0 Å². The molecule has 4 aromatic rings. The highest BCUT2D eigenvalue weighted by atomic mass is 31.1. The fourth-order valence-corrected chi connectivity index (χ4v) is 9.25. The zero-order chi connectivity index (χ0) is 41.0. The summed E-state index contributed by atoms with van der Waals surface area (Å²) in [6.07, 6.45) is -3.00. The Morgan fingerprint density at radius 2 is 1.27 bits per heavy atom. The normalized spacial score (nSPS) is 19.5. The lowest BCUT2D eigenvalue weighted by Gasteiger charge is -2.41. The van der Waals surface area contributed by atoms with E-state index in [1.165, 1.54) is 6.07 Å². The van der Waals surface area contributed by atoms with Crippen LogP contribution in [0.15, 0.2) is 91.0 Å². The molecule has 11 heteroatoms. The summed E-state index contributed by atoms with van der Waals surface area (Å²) in [5, 5.41) is -0.177. The minimum Gasteiger partial charge on any atom is -0.497 e. The number of hydrogen-bond acceptors (Lipinski definition) is 7. The van der Waals surface area contributed by atoms with E-state index in [2.05, 4.69) is 66.2 Å². The molecule has 1 saturated heterocycles. The lowest BCUT2D eigenvalue weighted by Crippen LogP contribution is -2.49. The summed E-state index contributed by atoms with van der Waals surface area (Å²) >= 11 is 0. The lowest BCUT2D eigenvalue weighted by molar-refractivity contribution is -0.0792. The minimum atomic E-state index is -2.53. The molecule has 0 aromatic heterocycles. The molecule has 5 rings (SSSR count). The van der Waals surface area contributed by atoms with Crippen molar-refractivity contribution in [2.75, 3.05) is 20.8 Å². The molecule has 4 aromatic carbocycles. The van der Waals surface area contributed by atoms with Gasteiger partial charge in [-0.05, 0) is 105 Å². The molecule has 56 heavy (non-hydrogen) atoms. The molecule has 0 amide bonds. The molecule has 1 aliphatic rings. The summed E-state index contributed by atoms with van der Waals surface area (Å²) in [6, 6.07) is 28.6. The van der Waals surface area contributed by atoms with Crippen molar-refractivity contribution >= 4 is 17.3 Å². The quantitative estimate of drug-likeness (QED) is 0.0635. The third-order valence-electron chi connectivity index (χ3n) is 11.2. The zero-order valence-corrected chi connectivity index (χ0v) is 37.0. The number of ether oxygens (including phenoxy) is 4. The van der Waals surface area contributed by atoms with Gasteiger partial charge in [0.25, 0.3) is 0 Å². The summed E-state index contributed by atoms with van der Waals surface area (Å²) in [5.74, 6) is 0.120. The largest absolute Gasteiger partial charge is 0.497 e. The van der Waals surface area contributed by atoms with E-state index in [1.807, 2.05) is 78.9 Å². The monoisotopic (exact) mass is 807 g/mol. The lowest BCUT2D eigenvalue weighted by atomic mass is 9.80. The molecule has 1 aliphatic heterocycles. The van der Waals surface area contributed by atoms with Crippen molar-refractivity contribution in [3.05, 3.63) is 130 Å². The van der Waals surface area contributed by atoms with Crippen LogP contribution in [0.3, 0.4) is 0 Å². The Bertz CT molecular complexity index is 1820. The maximum absolute atomic E-state index is 16.0. The average Bonchev–Trinajstić information content (AvgIpc) is 3.49. The van der Waals surface area contributed by atoms with Gasteiger partial charge in [-0.1, -0.05) is 75.4 Å². The number of nitrogens with zero attached hydrogens (tertiary/aromatic N) is 1. The SMILES string of the molecule is COc1ccc(C(OC[C@H]2O[C@@H](c3cc(C)c(F)cc3F)[C@@H](O[Si](C)(C)C(C)(C)C)C2OPN(C(C)C)C(C)C)(c2ccccc2)c2ccc(OC)cc2)cc1. The predicted molar refractivity (Wildman–Crippen MR) is 224 cm³/mol. The van der Waals surface area contributed by atoms with Crippen LogP contribution in [0.5, 0.6) is 11.5 Å². The highest BCUT2D eigenvalue weighted by molar-refractivity contribution is 7.29. The first kappa shape index (κ1) is 43.9. The molecule has 0 radical (unpaired) electrons. The average molecular weight is 808 g/mol. The molecular weight excluding hydrogens is 748 g/mol. The Hall–Kier alpha value is -3.21. The van der Waals surface area contributed by atoms with Gasteiger partial charge in [0.1, 0.15) is 53.2 Å². The van der Waals surface area contributed by atoms with Crippen molar-refractivity contribution in [3.8, 4) is 11.5 Å². The van der Waals surface area contributed by atoms with Crippen molar-refractivity contribution in [2.45, 2.75) is 116 Å². The first-order valence-electron chi connectivity index (χ1n) is 19.4. The molecule has 304 valence electrons. The van der Waals surface area contributed by atoms with Crippen LogP contribution >= 0.6 is 8.96 Å². The molecule has 0 N–H and O–H groups in total. The van der Waals surface area contributed by atoms with E-state index in [-0.39, 0.29) is 38.3 Å². The van der Waals surface area contributed by atoms with Crippen LogP contribution in [-0.2, 0) is 24.0 Å². The van der Waals surface area contributed by atoms with Crippen LogP contribution in [0.1, 0.15) is 82.4 Å². The fourth-order valence-electron chi connectivity index (χ4n) is 7.01. The van der Waals surface area contributed by atoms with Gasteiger partial charge in [-0.2, -0.15) is 0 Å². The third-order valence-corrected chi connectivity index (χ3v) is 17.3. The smallest absolute Gasteiger partial charge is 0.192 e. The van der Waals surface area contributed by atoms with E-state index in [1.54, 1.807) is 21.1 Å². The van der Waals surface area contributed by atoms with Crippen LogP contribution in [0.25, 0.3) is 0 Å². The second-order valence-electron chi connectivity index (χ2n) is 16.6. The highest BCUT2D eigenvalue weighted by Gasteiger charge is 2.53. The number of rotatable bonds is 16. The molecule has 0 saturated carbocycles. The topological polar surface area (TPSA) is 58.6 Å². The molecule has 0 bridgehead atoms. The van der Waals surface area contributed by atoms with E-state index < -0.39 is 50.0 Å². The standard InChI is InChI=1S/C45H60F2NO6PSi/c1-29(2)48(30(3)4)55-53-42-40(52-41(37-26-31(5)38(46)27-39(37)47)43(42)54-56(11,12)44(6,7)8)28-51-45(32-16-14-13-15-17-32,33-18-22-35(49-9)23-19-33)34-20-24-36(50-10)25-21-34/h13-27,29-30,40-43,55H,28H2,1-12H3/t40-,41+,42?,43-/m1/s1. The first-order chi connectivity index (χ1) is 26.4. The Balaban J connectivity index is 1.68. The molecule has 2 unspecified atom stereocenters. The van der Waals surface area contributed by atoms with Gasteiger partial charge in [0.05, 0.1) is 29.8 Å². The number of aryl methyl sites for hydroxylation is 1. The highest BCUT2D eigenvalue weighted by Crippen LogP contribution is 2.48.